The van der Waals surface area contributed by atoms with E-state index >= 15 is 0 Å². The molecule has 0 bridgehead atoms. The fraction of sp³-hybridized carbons (Fsp3) is 0.100. The van der Waals surface area contributed by atoms with Crippen molar-refractivity contribution in [3.8, 4) is 16.2 Å². The van der Waals surface area contributed by atoms with Crippen LogP contribution in [0.5, 0.6) is 5.75 Å². The molecule has 1 amide bonds. The van der Waals surface area contributed by atoms with Gasteiger partial charge in [0, 0.05) is 10.6 Å². The van der Waals surface area contributed by atoms with Crippen molar-refractivity contribution in [2.45, 2.75) is 6.92 Å². The number of thiophene rings is 1. The molecule has 1 aromatic heterocycles. The van der Waals surface area contributed by atoms with Gasteiger partial charge in [0.25, 0.3) is 5.91 Å². The molecule has 6 nitrogen and oxygen atoms in total. The van der Waals surface area contributed by atoms with E-state index in [-0.39, 0.29) is 11.0 Å². The maximum absolute atomic E-state index is 12.5. The molecule has 0 unspecified atom stereocenters. The molecule has 0 aliphatic heterocycles. The highest BCUT2D eigenvalue weighted by atomic mass is 32.1. The molecule has 3 aromatic rings. The first kappa shape index (κ1) is 19.7. The first-order valence-electron chi connectivity index (χ1n) is 8.44. The van der Waals surface area contributed by atoms with E-state index in [2.05, 4.69) is 16.2 Å². The van der Waals surface area contributed by atoms with E-state index in [9.17, 15) is 4.79 Å². The summed E-state index contributed by atoms with van der Waals surface area (Å²) in [5, 5.41) is 3.29. The van der Waals surface area contributed by atoms with Gasteiger partial charge in [-0.25, -0.2) is 0 Å². The molecule has 8 heteroatoms. The average Bonchev–Trinajstić information content (AvgIpc) is 3.08. The van der Waals surface area contributed by atoms with Crippen LogP contribution in [-0.4, -0.2) is 18.1 Å². The lowest BCUT2D eigenvalue weighted by atomic mass is 10.2. The summed E-state index contributed by atoms with van der Waals surface area (Å²) in [6.07, 6.45) is 0. The smallest absolute Gasteiger partial charge is 0.281 e. The van der Waals surface area contributed by atoms with Gasteiger partial charge in [0.2, 0.25) is 0 Å². The topological polar surface area (TPSA) is 88.4 Å². The molecular weight excluding hydrogens is 392 g/mol. The number of anilines is 2. The Bertz CT molecular complexity index is 1000. The highest BCUT2D eigenvalue weighted by Crippen LogP contribution is 2.33. The van der Waals surface area contributed by atoms with Crippen molar-refractivity contribution in [1.29, 1.82) is 0 Å². The number of hydrogen-bond donors (Lipinski definition) is 4. The minimum atomic E-state index is -0.351. The molecular formula is C20H20N4O2S2. The van der Waals surface area contributed by atoms with Crippen molar-refractivity contribution in [2.75, 3.05) is 18.2 Å². The van der Waals surface area contributed by atoms with Crippen LogP contribution in [0.25, 0.3) is 10.4 Å². The number of ether oxygens (including phenoxy) is 1. The highest BCUT2D eigenvalue weighted by molar-refractivity contribution is 7.80. The molecule has 2 aromatic carbocycles. The molecule has 28 heavy (non-hydrogen) atoms. The molecule has 0 spiro atoms. The zero-order valence-electron chi connectivity index (χ0n) is 15.4. The quantitative estimate of drug-likeness (QED) is 0.383. The second-order valence-electron chi connectivity index (χ2n) is 6.03. The van der Waals surface area contributed by atoms with Crippen molar-refractivity contribution >= 4 is 45.9 Å². The largest absolute Gasteiger partial charge is 0.497 e. The molecule has 3 rings (SSSR count). The number of hydrogen-bond acceptors (Lipinski definition) is 5. The first-order chi connectivity index (χ1) is 13.5. The van der Waals surface area contributed by atoms with Crippen LogP contribution in [0.2, 0.25) is 0 Å². The number of nitrogens with two attached hydrogens (primary N) is 1. The summed E-state index contributed by atoms with van der Waals surface area (Å²) >= 11 is 6.52. The SMILES string of the molecule is COc1ccc(-c2cc(N)c(C(=O)NNC(=S)Nc3cccc(C)c3)s2)cc1. The highest BCUT2D eigenvalue weighted by Gasteiger charge is 2.15. The summed E-state index contributed by atoms with van der Waals surface area (Å²) in [6, 6.07) is 17.1. The number of amides is 1. The molecule has 0 aliphatic carbocycles. The fourth-order valence-corrected chi connectivity index (χ4v) is 3.68. The van der Waals surface area contributed by atoms with E-state index in [1.54, 1.807) is 13.2 Å². The van der Waals surface area contributed by atoms with Crippen LogP contribution in [-0.2, 0) is 0 Å². The van der Waals surface area contributed by atoms with Crippen molar-refractivity contribution < 1.29 is 9.53 Å². The second-order valence-corrected chi connectivity index (χ2v) is 7.49. The number of hydrazine groups is 1. The van der Waals surface area contributed by atoms with Gasteiger partial charge in [-0.3, -0.25) is 15.6 Å². The molecule has 0 aliphatic rings. The van der Waals surface area contributed by atoms with Gasteiger partial charge in [0.1, 0.15) is 10.6 Å². The monoisotopic (exact) mass is 412 g/mol. The van der Waals surface area contributed by atoms with Crippen molar-refractivity contribution in [1.82, 2.24) is 10.9 Å². The minimum absolute atomic E-state index is 0.282. The normalized spacial score (nSPS) is 10.2. The number of nitrogens with one attached hydrogen (secondary N) is 3. The van der Waals surface area contributed by atoms with Gasteiger partial charge in [0.05, 0.1) is 12.8 Å². The Balaban J connectivity index is 1.62. The number of thiocarbonyl (C=S) groups is 1. The molecule has 1 heterocycles. The van der Waals surface area contributed by atoms with Gasteiger partial charge < -0.3 is 15.8 Å². The second kappa shape index (κ2) is 8.73. The predicted molar refractivity (Wildman–Crippen MR) is 119 cm³/mol. The molecule has 5 N–H and O–H groups in total. The summed E-state index contributed by atoms with van der Waals surface area (Å²) in [7, 11) is 1.62. The minimum Gasteiger partial charge on any atom is -0.497 e. The van der Waals surface area contributed by atoms with Crippen LogP contribution in [0.1, 0.15) is 15.2 Å². The van der Waals surface area contributed by atoms with E-state index in [0.29, 0.717) is 10.6 Å². The Morgan fingerprint density at radius 2 is 1.86 bits per heavy atom. The van der Waals surface area contributed by atoms with Gasteiger partial charge in [-0.15, -0.1) is 11.3 Å². The van der Waals surface area contributed by atoms with E-state index in [4.69, 9.17) is 22.7 Å². The van der Waals surface area contributed by atoms with Crippen LogP contribution in [0.15, 0.2) is 54.6 Å². The van der Waals surface area contributed by atoms with Crippen LogP contribution < -0.4 is 26.6 Å². The van der Waals surface area contributed by atoms with Gasteiger partial charge in [-0.05, 0) is 72.7 Å². The van der Waals surface area contributed by atoms with Crippen LogP contribution in [0.4, 0.5) is 11.4 Å². The van der Waals surface area contributed by atoms with Crippen molar-refractivity contribution in [3.63, 3.8) is 0 Å². The average molecular weight is 413 g/mol. The van der Waals surface area contributed by atoms with E-state index in [1.165, 1.54) is 11.3 Å². The number of carbonyl (C=O) groups is 1. The van der Waals surface area contributed by atoms with E-state index in [1.807, 2.05) is 55.5 Å². The van der Waals surface area contributed by atoms with E-state index in [0.717, 1.165) is 27.4 Å². The Kier molecular flexibility index (Phi) is 6.13. The maximum atomic E-state index is 12.5. The molecule has 0 radical (unpaired) electrons. The number of carbonyl (C=O) groups excluding carboxylic acids is 1. The summed E-state index contributed by atoms with van der Waals surface area (Å²) in [6.45, 7) is 1.99. The standard InChI is InChI=1S/C20H20N4O2S2/c1-12-4-3-5-14(10-12)22-20(27)24-23-19(25)18-16(21)11-17(28-18)13-6-8-15(26-2)9-7-13/h3-11H,21H2,1-2H3,(H,23,25)(H2,22,24,27). The summed E-state index contributed by atoms with van der Waals surface area (Å²) in [4.78, 5) is 13.8. The first-order valence-corrected chi connectivity index (χ1v) is 9.66. The van der Waals surface area contributed by atoms with Crippen molar-refractivity contribution in [3.05, 3.63) is 65.0 Å². The van der Waals surface area contributed by atoms with E-state index < -0.39 is 0 Å². The van der Waals surface area contributed by atoms with Crippen molar-refractivity contribution in [2.24, 2.45) is 0 Å². The zero-order chi connectivity index (χ0) is 20.1. The molecule has 0 fully saturated rings. The lowest BCUT2D eigenvalue weighted by Crippen LogP contribution is -2.43. The van der Waals surface area contributed by atoms with Gasteiger partial charge in [-0.1, -0.05) is 12.1 Å². The molecule has 144 valence electrons. The molecule has 0 saturated carbocycles. The fourth-order valence-electron chi connectivity index (χ4n) is 2.54. The summed E-state index contributed by atoms with van der Waals surface area (Å²) in [5.74, 6) is 0.417. The number of nitrogen functional groups attached to an aromatic ring is 1. The van der Waals surface area contributed by atoms with Gasteiger partial charge in [-0.2, -0.15) is 0 Å². The number of aryl methyl sites for hydroxylation is 1. The van der Waals surface area contributed by atoms with Crippen LogP contribution >= 0.6 is 23.6 Å². The molecule has 0 atom stereocenters. The predicted octanol–water partition coefficient (Wildman–Crippen LogP) is 3.95. The zero-order valence-corrected chi connectivity index (χ0v) is 17.0. The Hall–Kier alpha value is -3.10. The Morgan fingerprint density at radius 1 is 1.11 bits per heavy atom. The van der Waals surface area contributed by atoms with Crippen LogP contribution in [0, 0.1) is 6.92 Å². The Morgan fingerprint density at radius 3 is 2.54 bits per heavy atom. The molecule has 0 saturated heterocycles. The summed E-state index contributed by atoms with van der Waals surface area (Å²) in [5.41, 5.74) is 14.6. The number of rotatable bonds is 4. The lowest BCUT2D eigenvalue weighted by molar-refractivity contribution is 0.0949. The third-order valence-electron chi connectivity index (χ3n) is 3.91. The maximum Gasteiger partial charge on any atom is 0.281 e. The number of methoxy groups -OCH3 is 1. The third kappa shape index (κ3) is 4.79. The van der Waals surface area contributed by atoms with Gasteiger partial charge in [0.15, 0.2) is 5.11 Å². The summed E-state index contributed by atoms with van der Waals surface area (Å²) < 4.78 is 5.16. The Labute approximate surface area is 172 Å². The third-order valence-corrected chi connectivity index (χ3v) is 5.31. The van der Waals surface area contributed by atoms with Gasteiger partial charge >= 0.3 is 0 Å². The number of benzene rings is 2. The van der Waals surface area contributed by atoms with Crippen LogP contribution in [0.3, 0.4) is 0 Å². The lowest BCUT2D eigenvalue weighted by Gasteiger charge is -2.11.